The quantitative estimate of drug-likeness (QED) is 0.401. The van der Waals surface area contributed by atoms with E-state index in [0.29, 0.717) is 6.42 Å². The molecule has 0 heterocycles. The Hall–Kier alpha value is -0.120. The fourth-order valence-corrected chi connectivity index (χ4v) is 1.25. The van der Waals surface area contributed by atoms with Gasteiger partial charge in [0.2, 0.25) is 0 Å². The summed E-state index contributed by atoms with van der Waals surface area (Å²) in [7, 11) is 0. The largest absolute Gasteiger partial charge is 0.379 e. The Morgan fingerprint density at radius 2 is 1.54 bits per heavy atom. The zero-order valence-electron chi connectivity index (χ0n) is 8.79. The van der Waals surface area contributed by atoms with Crippen LogP contribution in [-0.2, 0) is 0 Å². The number of nitrogens with one attached hydrogen (secondary N) is 1. The Morgan fingerprint density at radius 1 is 0.923 bits per heavy atom. The summed E-state index contributed by atoms with van der Waals surface area (Å²) in [4.78, 5) is 0. The number of hydrogen-bond donors (Lipinski definition) is 3. The van der Waals surface area contributed by atoms with Crippen molar-refractivity contribution in [3.63, 3.8) is 0 Å². The van der Waals surface area contributed by atoms with E-state index in [4.69, 9.17) is 0 Å². The van der Waals surface area contributed by atoms with Crippen LogP contribution in [0.4, 0.5) is 0 Å². The van der Waals surface area contributed by atoms with Crippen LogP contribution < -0.4 is 5.32 Å². The number of hydrogen-bond acceptors (Lipinski definition) is 3. The van der Waals surface area contributed by atoms with E-state index in [0.717, 1.165) is 32.1 Å². The summed E-state index contributed by atoms with van der Waals surface area (Å²) in [5.74, 6) is 0. The molecule has 0 saturated heterocycles. The molecule has 3 nitrogen and oxygen atoms in total. The van der Waals surface area contributed by atoms with Gasteiger partial charge in [-0.15, -0.1) is 0 Å². The van der Waals surface area contributed by atoms with E-state index in [1.54, 1.807) is 0 Å². The highest BCUT2D eigenvalue weighted by Gasteiger charge is 2.08. The van der Waals surface area contributed by atoms with E-state index in [1.807, 2.05) is 6.92 Å². The lowest BCUT2D eigenvalue weighted by molar-refractivity contribution is 0.0321. The average Bonchev–Trinajstić information content (AvgIpc) is 2.05. The van der Waals surface area contributed by atoms with Gasteiger partial charge in [-0.2, -0.15) is 0 Å². The first-order valence-corrected chi connectivity index (χ1v) is 5.32. The SMILES string of the molecule is CCCCCC(O)NC(O)CCC. The maximum absolute atomic E-state index is 9.40. The van der Waals surface area contributed by atoms with Gasteiger partial charge in [0.1, 0.15) is 12.5 Å². The Bertz CT molecular complexity index is 109. The third-order valence-corrected chi connectivity index (χ3v) is 2.03. The van der Waals surface area contributed by atoms with Gasteiger partial charge >= 0.3 is 0 Å². The fourth-order valence-electron chi connectivity index (χ4n) is 1.25. The van der Waals surface area contributed by atoms with Gasteiger partial charge in [-0.25, -0.2) is 0 Å². The summed E-state index contributed by atoms with van der Waals surface area (Å²) in [5, 5.41) is 21.5. The minimum Gasteiger partial charge on any atom is -0.379 e. The van der Waals surface area contributed by atoms with Crippen LogP contribution in [-0.4, -0.2) is 22.7 Å². The molecular formula is C10H23NO2. The molecule has 2 atom stereocenters. The maximum atomic E-state index is 9.40. The van der Waals surface area contributed by atoms with Crippen molar-refractivity contribution in [2.75, 3.05) is 0 Å². The van der Waals surface area contributed by atoms with Gasteiger partial charge in [0.15, 0.2) is 0 Å². The van der Waals surface area contributed by atoms with Gasteiger partial charge in [0, 0.05) is 0 Å². The molecule has 0 aromatic carbocycles. The Labute approximate surface area is 81.2 Å². The van der Waals surface area contributed by atoms with Crippen molar-refractivity contribution in [2.45, 2.75) is 64.8 Å². The molecule has 2 unspecified atom stereocenters. The summed E-state index contributed by atoms with van der Waals surface area (Å²) >= 11 is 0. The molecule has 0 aliphatic rings. The average molecular weight is 189 g/mol. The van der Waals surface area contributed by atoms with Crippen LogP contribution in [0, 0.1) is 0 Å². The second-order valence-corrected chi connectivity index (χ2v) is 3.48. The van der Waals surface area contributed by atoms with Gasteiger partial charge in [-0.1, -0.05) is 33.1 Å². The molecule has 0 fully saturated rings. The van der Waals surface area contributed by atoms with Crippen LogP contribution in [0.25, 0.3) is 0 Å². The topological polar surface area (TPSA) is 52.5 Å². The van der Waals surface area contributed by atoms with E-state index in [1.165, 1.54) is 0 Å². The Morgan fingerprint density at radius 3 is 2.08 bits per heavy atom. The minimum absolute atomic E-state index is 0.548. The van der Waals surface area contributed by atoms with Crippen molar-refractivity contribution in [2.24, 2.45) is 0 Å². The number of aliphatic hydroxyl groups is 2. The van der Waals surface area contributed by atoms with Crippen molar-refractivity contribution in [1.29, 1.82) is 0 Å². The summed E-state index contributed by atoms with van der Waals surface area (Å²) in [6.07, 6.45) is 4.57. The van der Waals surface area contributed by atoms with Crippen molar-refractivity contribution < 1.29 is 10.2 Å². The lowest BCUT2D eigenvalue weighted by atomic mass is 10.2. The standard InChI is InChI=1S/C10H23NO2/c1-3-5-6-8-10(13)11-9(12)7-4-2/h9-13H,3-8H2,1-2H3. The molecule has 3 heteroatoms. The molecule has 0 aliphatic carbocycles. The van der Waals surface area contributed by atoms with E-state index in [2.05, 4.69) is 12.2 Å². The molecule has 0 aromatic heterocycles. The Kier molecular flexibility index (Phi) is 8.40. The fraction of sp³-hybridized carbons (Fsp3) is 1.00. The van der Waals surface area contributed by atoms with Gasteiger partial charge in [-0.3, -0.25) is 5.32 Å². The van der Waals surface area contributed by atoms with Crippen LogP contribution in [0.5, 0.6) is 0 Å². The van der Waals surface area contributed by atoms with E-state index in [9.17, 15) is 10.2 Å². The van der Waals surface area contributed by atoms with Gasteiger partial charge in [0.25, 0.3) is 0 Å². The highest BCUT2D eigenvalue weighted by molar-refractivity contribution is 4.57. The van der Waals surface area contributed by atoms with Crippen molar-refractivity contribution in [1.82, 2.24) is 5.32 Å². The van der Waals surface area contributed by atoms with Gasteiger partial charge in [0.05, 0.1) is 0 Å². The predicted molar refractivity (Wildman–Crippen MR) is 54.2 cm³/mol. The number of unbranched alkanes of at least 4 members (excludes halogenated alkanes) is 2. The van der Waals surface area contributed by atoms with Crippen LogP contribution in [0.2, 0.25) is 0 Å². The van der Waals surface area contributed by atoms with Crippen LogP contribution in [0.3, 0.4) is 0 Å². The van der Waals surface area contributed by atoms with Crippen LogP contribution >= 0.6 is 0 Å². The third-order valence-electron chi connectivity index (χ3n) is 2.03. The van der Waals surface area contributed by atoms with E-state index in [-0.39, 0.29) is 0 Å². The first-order valence-electron chi connectivity index (χ1n) is 5.32. The molecule has 0 radical (unpaired) electrons. The van der Waals surface area contributed by atoms with Crippen LogP contribution in [0.15, 0.2) is 0 Å². The van der Waals surface area contributed by atoms with Gasteiger partial charge < -0.3 is 10.2 Å². The van der Waals surface area contributed by atoms with E-state index >= 15 is 0 Å². The summed E-state index contributed by atoms with van der Waals surface area (Å²) in [6.45, 7) is 4.14. The second-order valence-electron chi connectivity index (χ2n) is 3.48. The highest BCUT2D eigenvalue weighted by atomic mass is 16.3. The zero-order chi connectivity index (χ0) is 10.1. The molecule has 0 bridgehead atoms. The molecule has 0 aromatic rings. The molecule has 0 amide bonds. The number of aliphatic hydroxyl groups excluding tert-OH is 2. The molecule has 0 saturated carbocycles. The lowest BCUT2D eigenvalue weighted by Crippen LogP contribution is -2.37. The minimum atomic E-state index is -0.554. The summed E-state index contributed by atoms with van der Waals surface area (Å²) in [5.41, 5.74) is 0. The predicted octanol–water partition coefficient (Wildman–Crippen LogP) is 1.59. The first-order chi connectivity index (χ1) is 6.20. The zero-order valence-corrected chi connectivity index (χ0v) is 8.79. The molecule has 0 aliphatic heterocycles. The molecule has 80 valence electrons. The molecule has 13 heavy (non-hydrogen) atoms. The maximum Gasteiger partial charge on any atom is 0.106 e. The normalized spacial score (nSPS) is 15.7. The second kappa shape index (κ2) is 8.48. The summed E-state index contributed by atoms with van der Waals surface area (Å²) in [6, 6.07) is 0. The number of rotatable bonds is 8. The summed E-state index contributed by atoms with van der Waals surface area (Å²) < 4.78 is 0. The first kappa shape index (κ1) is 12.9. The molecule has 3 N–H and O–H groups in total. The monoisotopic (exact) mass is 189 g/mol. The molecule has 0 spiro atoms. The smallest absolute Gasteiger partial charge is 0.106 e. The lowest BCUT2D eigenvalue weighted by Gasteiger charge is -2.17. The van der Waals surface area contributed by atoms with Gasteiger partial charge in [-0.05, 0) is 19.3 Å². The van der Waals surface area contributed by atoms with E-state index < -0.39 is 12.5 Å². The molecule has 0 rings (SSSR count). The van der Waals surface area contributed by atoms with Crippen molar-refractivity contribution in [3.8, 4) is 0 Å². The van der Waals surface area contributed by atoms with Crippen LogP contribution in [0.1, 0.15) is 52.4 Å². The molecular weight excluding hydrogens is 166 g/mol. The highest BCUT2D eigenvalue weighted by Crippen LogP contribution is 2.02. The van der Waals surface area contributed by atoms with Crippen molar-refractivity contribution in [3.05, 3.63) is 0 Å². The Balaban J connectivity index is 3.32. The van der Waals surface area contributed by atoms with Crippen molar-refractivity contribution >= 4 is 0 Å². The third kappa shape index (κ3) is 8.22.